The van der Waals surface area contributed by atoms with E-state index in [9.17, 15) is 4.79 Å². The first-order valence-corrected chi connectivity index (χ1v) is 5.42. The lowest BCUT2D eigenvalue weighted by atomic mass is 10.1. The summed E-state index contributed by atoms with van der Waals surface area (Å²) in [7, 11) is 1.64. The number of aromatic carboxylic acids is 1. The van der Waals surface area contributed by atoms with Crippen LogP contribution in [0.3, 0.4) is 0 Å². The van der Waals surface area contributed by atoms with Crippen molar-refractivity contribution >= 4 is 5.97 Å². The summed E-state index contributed by atoms with van der Waals surface area (Å²) < 4.78 is 10.7. The number of carboxylic acids is 1. The van der Waals surface area contributed by atoms with Crippen LogP contribution < -0.4 is 10.1 Å². The lowest BCUT2D eigenvalue weighted by Gasteiger charge is -2.13. The van der Waals surface area contributed by atoms with Crippen LogP contribution in [0.15, 0.2) is 18.2 Å². The Balaban J connectivity index is 2.16. The van der Waals surface area contributed by atoms with Crippen molar-refractivity contribution in [2.45, 2.75) is 12.6 Å². The van der Waals surface area contributed by atoms with Crippen LogP contribution in [0.1, 0.15) is 15.9 Å². The third-order valence-corrected chi connectivity index (χ3v) is 2.70. The van der Waals surface area contributed by atoms with Gasteiger partial charge < -0.3 is 19.9 Å². The molecular formula is C12H15NO4. The first-order chi connectivity index (χ1) is 8.20. The number of hydrogen-bond acceptors (Lipinski definition) is 4. The highest BCUT2D eigenvalue weighted by Crippen LogP contribution is 2.23. The Kier molecular flexibility index (Phi) is 3.61. The van der Waals surface area contributed by atoms with Gasteiger partial charge in [-0.1, -0.05) is 6.07 Å². The minimum Gasteiger partial charge on any atom is -0.492 e. The van der Waals surface area contributed by atoms with E-state index in [1.807, 2.05) is 0 Å². The first kappa shape index (κ1) is 11.9. The first-order valence-electron chi connectivity index (χ1n) is 5.42. The summed E-state index contributed by atoms with van der Waals surface area (Å²) in [4.78, 5) is 10.8. The summed E-state index contributed by atoms with van der Waals surface area (Å²) in [6.45, 7) is 1.70. The van der Waals surface area contributed by atoms with Crippen LogP contribution in [0.5, 0.6) is 5.75 Å². The van der Waals surface area contributed by atoms with Crippen LogP contribution in [0.2, 0.25) is 0 Å². The van der Waals surface area contributed by atoms with E-state index in [4.69, 9.17) is 14.6 Å². The highest BCUT2D eigenvalue weighted by Gasteiger charge is 2.17. The van der Waals surface area contributed by atoms with Gasteiger partial charge in [0.25, 0.3) is 0 Å². The summed E-state index contributed by atoms with van der Waals surface area (Å²) in [5.41, 5.74) is 1.21. The van der Waals surface area contributed by atoms with E-state index in [0.717, 1.165) is 5.56 Å². The normalized spacial score (nSPS) is 19.0. The van der Waals surface area contributed by atoms with E-state index >= 15 is 0 Å². The van der Waals surface area contributed by atoms with Gasteiger partial charge in [0.15, 0.2) is 0 Å². The van der Waals surface area contributed by atoms with Gasteiger partial charge in [0.05, 0.1) is 18.2 Å². The molecule has 0 spiro atoms. The Morgan fingerprint density at radius 3 is 3.18 bits per heavy atom. The molecule has 0 saturated carbocycles. The number of hydrogen-bond donors (Lipinski definition) is 2. The number of fused-ring (bicyclic) bond motifs is 1. The molecule has 1 aliphatic heterocycles. The van der Waals surface area contributed by atoms with Gasteiger partial charge in [0.1, 0.15) is 12.4 Å². The Morgan fingerprint density at radius 1 is 1.65 bits per heavy atom. The molecule has 0 amide bonds. The lowest BCUT2D eigenvalue weighted by molar-refractivity contribution is 0.0696. The Hall–Kier alpha value is -1.59. The Labute approximate surface area is 99.3 Å². The second-order valence-corrected chi connectivity index (χ2v) is 3.97. The van der Waals surface area contributed by atoms with Gasteiger partial charge in [-0.15, -0.1) is 0 Å². The fourth-order valence-corrected chi connectivity index (χ4v) is 1.78. The molecular weight excluding hydrogens is 222 g/mol. The maximum Gasteiger partial charge on any atom is 0.335 e. The predicted molar refractivity (Wildman–Crippen MR) is 61.4 cm³/mol. The number of ether oxygens (including phenoxy) is 2. The van der Waals surface area contributed by atoms with Crippen molar-refractivity contribution in [3.8, 4) is 5.75 Å². The zero-order valence-electron chi connectivity index (χ0n) is 9.60. The molecule has 0 unspecified atom stereocenters. The van der Waals surface area contributed by atoms with Gasteiger partial charge in [-0.05, 0) is 12.1 Å². The lowest BCUT2D eigenvalue weighted by Crippen LogP contribution is -2.35. The third kappa shape index (κ3) is 2.75. The Bertz CT molecular complexity index is 419. The summed E-state index contributed by atoms with van der Waals surface area (Å²) in [6, 6.07) is 5.05. The SMILES string of the molecule is COC[C@H]1COc2cc(C(=O)O)ccc2CN1. The Morgan fingerprint density at radius 2 is 2.47 bits per heavy atom. The molecule has 0 saturated heterocycles. The molecule has 2 rings (SSSR count). The van der Waals surface area contributed by atoms with Crippen molar-refractivity contribution in [1.82, 2.24) is 5.32 Å². The molecule has 5 nitrogen and oxygen atoms in total. The maximum absolute atomic E-state index is 10.8. The molecule has 2 N–H and O–H groups in total. The van der Waals surface area contributed by atoms with Gasteiger partial charge in [-0.2, -0.15) is 0 Å². The van der Waals surface area contributed by atoms with Crippen LogP contribution in [-0.4, -0.2) is 37.4 Å². The van der Waals surface area contributed by atoms with Crippen LogP contribution >= 0.6 is 0 Å². The number of rotatable bonds is 3. The zero-order valence-corrected chi connectivity index (χ0v) is 9.60. The number of benzene rings is 1. The molecule has 0 aromatic heterocycles. The van der Waals surface area contributed by atoms with Crippen LogP contribution in [0.25, 0.3) is 0 Å². The van der Waals surface area contributed by atoms with E-state index in [1.165, 1.54) is 0 Å². The molecule has 1 aliphatic rings. The fourth-order valence-electron chi connectivity index (χ4n) is 1.78. The number of carbonyl (C=O) groups is 1. The minimum atomic E-state index is -0.943. The molecule has 92 valence electrons. The highest BCUT2D eigenvalue weighted by molar-refractivity contribution is 5.88. The van der Waals surface area contributed by atoms with E-state index in [1.54, 1.807) is 25.3 Å². The minimum absolute atomic E-state index is 0.126. The molecule has 5 heteroatoms. The zero-order chi connectivity index (χ0) is 12.3. The van der Waals surface area contributed by atoms with Crippen LogP contribution in [-0.2, 0) is 11.3 Å². The summed E-state index contributed by atoms with van der Waals surface area (Å²) in [5, 5.41) is 12.2. The molecule has 1 atom stereocenters. The van der Waals surface area contributed by atoms with E-state index in [2.05, 4.69) is 5.32 Å². The number of carboxylic acid groups (broad SMARTS) is 1. The van der Waals surface area contributed by atoms with Crippen molar-refractivity contribution in [3.63, 3.8) is 0 Å². The summed E-state index contributed by atoms with van der Waals surface area (Å²) in [5.74, 6) is -0.307. The van der Waals surface area contributed by atoms with Crippen molar-refractivity contribution in [2.75, 3.05) is 20.3 Å². The fraction of sp³-hybridized carbons (Fsp3) is 0.417. The quantitative estimate of drug-likeness (QED) is 0.817. The average molecular weight is 237 g/mol. The highest BCUT2D eigenvalue weighted by atomic mass is 16.5. The van der Waals surface area contributed by atoms with Crippen molar-refractivity contribution in [2.24, 2.45) is 0 Å². The second-order valence-electron chi connectivity index (χ2n) is 3.97. The van der Waals surface area contributed by atoms with Gasteiger partial charge in [-0.25, -0.2) is 4.79 Å². The van der Waals surface area contributed by atoms with Crippen LogP contribution in [0.4, 0.5) is 0 Å². The number of nitrogens with one attached hydrogen (secondary N) is 1. The van der Waals surface area contributed by atoms with E-state index < -0.39 is 5.97 Å². The number of methoxy groups -OCH3 is 1. The van der Waals surface area contributed by atoms with Crippen molar-refractivity contribution in [3.05, 3.63) is 29.3 Å². The van der Waals surface area contributed by atoms with Gasteiger partial charge in [0, 0.05) is 19.2 Å². The van der Waals surface area contributed by atoms with Gasteiger partial charge >= 0.3 is 5.97 Å². The van der Waals surface area contributed by atoms with E-state index in [-0.39, 0.29) is 11.6 Å². The maximum atomic E-state index is 10.8. The molecule has 1 heterocycles. The molecule has 17 heavy (non-hydrogen) atoms. The molecule has 0 radical (unpaired) electrons. The monoisotopic (exact) mass is 237 g/mol. The topological polar surface area (TPSA) is 67.8 Å². The largest absolute Gasteiger partial charge is 0.492 e. The molecule has 1 aromatic carbocycles. The van der Waals surface area contributed by atoms with Gasteiger partial charge in [0.2, 0.25) is 0 Å². The predicted octanol–water partition coefficient (Wildman–Crippen LogP) is 0.882. The smallest absolute Gasteiger partial charge is 0.335 e. The molecule has 0 fully saturated rings. The summed E-state index contributed by atoms with van der Waals surface area (Å²) >= 11 is 0. The van der Waals surface area contributed by atoms with Gasteiger partial charge in [-0.3, -0.25) is 0 Å². The molecule has 0 bridgehead atoms. The van der Waals surface area contributed by atoms with Crippen molar-refractivity contribution < 1.29 is 19.4 Å². The standard InChI is InChI=1S/C12H15NO4/c1-16-6-10-7-17-11-4-8(12(14)15)2-3-9(11)5-13-10/h2-4,10,13H,5-7H2,1H3,(H,14,15)/t10-/m0/s1. The second kappa shape index (κ2) is 5.16. The van der Waals surface area contributed by atoms with E-state index in [0.29, 0.717) is 25.5 Å². The molecule has 1 aromatic rings. The average Bonchev–Trinajstić information content (AvgIpc) is 2.52. The van der Waals surface area contributed by atoms with Crippen molar-refractivity contribution in [1.29, 1.82) is 0 Å². The summed E-state index contributed by atoms with van der Waals surface area (Å²) in [6.07, 6.45) is 0. The molecule has 0 aliphatic carbocycles. The van der Waals surface area contributed by atoms with Crippen LogP contribution in [0, 0.1) is 0 Å². The third-order valence-electron chi connectivity index (χ3n) is 2.70.